The lowest BCUT2D eigenvalue weighted by molar-refractivity contribution is -0.124. The Labute approximate surface area is 160 Å². The second kappa shape index (κ2) is 8.16. The molecule has 0 unspecified atom stereocenters. The maximum Gasteiger partial charge on any atom is 0.243 e. The second-order valence-electron chi connectivity index (χ2n) is 7.16. The van der Waals surface area contributed by atoms with Crippen LogP contribution >= 0.6 is 0 Å². The molecule has 1 N–H and O–H groups in total. The fraction of sp³-hybridized carbons (Fsp3) is 0.318. The first-order valence-corrected chi connectivity index (χ1v) is 9.27. The number of imidazole rings is 1. The quantitative estimate of drug-likeness (QED) is 0.716. The minimum Gasteiger partial charge on any atom is -0.343 e. The van der Waals surface area contributed by atoms with E-state index in [1.807, 2.05) is 29.8 Å². The van der Waals surface area contributed by atoms with Crippen molar-refractivity contribution >= 4 is 5.91 Å². The van der Waals surface area contributed by atoms with Crippen molar-refractivity contribution in [3.05, 3.63) is 83.7 Å². The van der Waals surface area contributed by atoms with E-state index in [1.54, 1.807) is 18.6 Å². The highest BCUT2D eigenvalue weighted by atomic mass is 16.2. The molecule has 1 aromatic carbocycles. The lowest BCUT2D eigenvalue weighted by Gasteiger charge is -2.24. The fourth-order valence-electron chi connectivity index (χ4n) is 3.15. The highest BCUT2D eigenvalue weighted by molar-refractivity contribution is 5.81. The van der Waals surface area contributed by atoms with E-state index in [1.165, 1.54) is 5.56 Å². The Morgan fingerprint density at radius 1 is 1.04 bits per heavy atom. The number of amides is 1. The first-order chi connectivity index (χ1) is 13.0. The Morgan fingerprint density at radius 2 is 1.78 bits per heavy atom. The predicted octanol–water partition coefficient (Wildman–Crippen LogP) is 4.18. The summed E-state index contributed by atoms with van der Waals surface area (Å²) in [5.74, 6) is 1.11. The van der Waals surface area contributed by atoms with Gasteiger partial charge in [-0.05, 0) is 31.0 Å². The van der Waals surface area contributed by atoms with Gasteiger partial charge >= 0.3 is 0 Å². The summed E-state index contributed by atoms with van der Waals surface area (Å²) >= 11 is 0. The van der Waals surface area contributed by atoms with Crippen LogP contribution in [-0.2, 0) is 4.79 Å². The van der Waals surface area contributed by atoms with E-state index in [0.29, 0.717) is 0 Å². The molecule has 0 radical (unpaired) electrons. The Kier molecular flexibility index (Phi) is 5.69. The molecule has 2 atom stereocenters. The number of rotatable bonds is 6. The van der Waals surface area contributed by atoms with Crippen LogP contribution in [0.4, 0.5) is 0 Å². The van der Waals surface area contributed by atoms with Crippen LogP contribution in [0.25, 0.3) is 0 Å². The molecule has 0 saturated carbocycles. The molecule has 2 heterocycles. The van der Waals surface area contributed by atoms with Gasteiger partial charge in [0.15, 0.2) is 0 Å². The molecule has 5 nitrogen and oxygen atoms in total. The highest BCUT2D eigenvalue weighted by Gasteiger charge is 2.23. The van der Waals surface area contributed by atoms with Gasteiger partial charge in [0.25, 0.3) is 0 Å². The molecular weight excluding hydrogens is 336 g/mol. The standard InChI is InChI=1S/C22H26N4O/c1-15(2)21-24-12-13-26(21)17(4)22(27)25-20(19-6-5-11-23-14-19)18-9-7-16(3)8-10-18/h5-15,17,20H,1-4H3,(H,25,27)/t17-,20-/m0/s1. The Morgan fingerprint density at radius 3 is 2.41 bits per heavy atom. The smallest absolute Gasteiger partial charge is 0.243 e. The highest BCUT2D eigenvalue weighted by Crippen LogP contribution is 2.24. The van der Waals surface area contributed by atoms with Gasteiger partial charge in [0, 0.05) is 30.7 Å². The maximum atomic E-state index is 13.1. The van der Waals surface area contributed by atoms with Crippen LogP contribution in [0.2, 0.25) is 0 Å². The molecule has 3 rings (SSSR count). The summed E-state index contributed by atoms with van der Waals surface area (Å²) < 4.78 is 1.94. The third kappa shape index (κ3) is 4.25. The van der Waals surface area contributed by atoms with Gasteiger partial charge in [-0.2, -0.15) is 0 Å². The molecule has 0 aliphatic carbocycles. The number of benzene rings is 1. The molecule has 0 bridgehead atoms. The third-order valence-electron chi connectivity index (χ3n) is 4.73. The van der Waals surface area contributed by atoms with Crippen molar-refractivity contribution < 1.29 is 4.79 Å². The van der Waals surface area contributed by atoms with Gasteiger partial charge in [-0.3, -0.25) is 9.78 Å². The zero-order valence-corrected chi connectivity index (χ0v) is 16.3. The molecule has 0 fully saturated rings. The number of aromatic nitrogens is 3. The first kappa shape index (κ1) is 18.8. The van der Waals surface area contributed by atoms with Crippen molar-refractivity contribution in [2.24, 2.45) is 0 Å². The molecular formula is C22H26N4O. The number of aryl methyl sites for hydroxylation is 1. The van der Waals surface area contributed by atoms with Gasteiger partial charge < -0.3 is 9.88 Å². The first-order valence-electron chi connectivity index (χ1n) is 9.27. The fourth-order valence-corrected chi connectivity index (χ4v) is 3.15. The van der Waals surface area contributed by atoms with Crippen molar-refractivity contribution in [3.8, 4) is 0 Å². The van der Waals surface area contributed by atoms with E-state index >= 15 is 0 Å². The van der Waals surface area contributed by atoms with Crippen molar-refractivity contribution in [2.45, 2.75) is 45.7 Å². The topological polar surface area (TPSA) is 59.8 Å². The number of hydrogen-bond donors (Lipinski definition) is 1. The molecule has 27 heavy (non-hydrogen) atoms. The van der Waals surface area contributed by atoms with E-state index in [0.717, 1.165) is 17.0 Å². The van der Waals surface area contributed by atoms with Crippen LogP contribution in [0.5, 0.6) is 0 Å². The number of carbonyl (C=O) groups excluding carboxylic acids is 1. The van der Waals surface area contributed by atoms with Gasteiger partial charge in [0.05, 0.1) is 6.04 Å². The SMILES string of the molecule is Cc1ccc([C@H](NC(=O)[C@H](C)n2ccnc2C(C)C)c2cccnc2)cc1. The normalized spacial score (nSPS) is 13.4. The predicted molar refractivity (Wildman–Crippen MR) is 106 cm³/mol. The zero-order valence-electron chi connectivity index (χ0n) is 16.3. The molecule has 0 saturated heterocycles. The van der Waals surface area contributed by atoms with Gasteiger partial charge in [-0.25, -0.2) is 4.98 Å². The molecule has 2 aromatic heterocycles. The van der Waals surface area contributed by atoms with Crippen LogP contribution in [-0.4, -0.2) is 20.4 Å². The van der Waals surface area contributed by atoms with Crippen molar-refractivity contribution in [3.63, 3.8) is 0 Å². The largest absolute Gasteiger partial charge is 0.343 e. The van der Waals surface area contributed by atoms with Gasteiger partial charge in [0.2, 0.25) is 5.91 Å². The van der Waals surface area contributed by atoms with Crippen LogP contribution < -0.4 is 5.32 Å². The molecule has 0 aliphatic rings. The number of nitrogens with zero attached hydrogens (tertiary/aromatic N) is 3. The minimum absolute atomic E-state index is 0.0515. The molecule has 3 aromatic rings. The maximum absolute atomic E-state index is 13.1. The summed E-state index contributed by atoms with van der Waals surface area (Å²) in [5, 5.41) is 3.20. The third-order valence-corrected chi connectivity index (χ3v) is 4.73. The Hall–Kier alpha value is -2.95. The van der Waals surface area contributed by atoms with E-state index in [2.05, 4.69) is 60.3 Å². The zero-order chi connectivity index (χ0) is 19.4. The minimum atomic E-state index is -0.352. The summed E-state index contributed by atoms with van der Waals surface area (Å²) in [4.78, 5) is 21.7. The van der Waals surface area contributed by atoms with E-state index < -0.39 is 0 Å². The average molecular weight is 362 g/mol. The van der Waals surface area contributed by atoms with Gasteiger partial charge in [-0.15, -0.1) is 0 Å². The van der Waals surface area contributed by atoms with Crippen molar-refractivity contribution in [1.82, 2.24) is 19.9 Å². The van der Waals surface area contributed by atoms with Crippen LogP contribution in [0.1, 0.15) is 61.3 Å². The second-order valence-corrected chi connectivity index (χ2v) is 7.16. The molecule has 1 amide bonds. The summed E-state index contributed by atoms with van der Waals surface area (Å²) in [7, 11) is 0. The lowest BCUT2D eigenvalue weighted by Crippen LogP contribution is -2.35. The average Bonchev–Trinajstić information content (AvgIpc) is 3.17. The van der Waals surface area contributed by atoms with Gasteiger partial charge in [-0.1, -0.05) is 49.7 Å². The number of nitrogens with one attached hydrogen (secondary N) is 1. The molecule has 5 heteroatoms. The van der Waals surface area contributed by atoms with Crippen molar-refractivity contribution in [1.29, 1.82) is 0 Å². The Bertz CT molecular complexity index is 884. The summed E-state index contributed by atoms with van der Waals surface area (Å²) in [6.45, 7) is 8.11. The summed E-state index contributed by atoms with van der Waals surface area (Å²) in [6, 6.07) is 11.5. The monoisotopic (exact) mass is 362 g/mol. The van der Waals surface area contributed by atoms with Crippen LogP contribution in [0.15, 0.2) is 61.2 Å². The number of hydrogen-bond acceptors (Lipinski definition) is 3. The van der Waals surface area contributed by atoms with Crippen LogP contribution in [0, 0.1) is 6.92 Å². The molecule has 0 aliphatic heterocycles. The lowest BCUT2D eigenvalue weighted by atomic mass is 9.98. The van der Waals surface area contributed by atoms with E-state index in [-0.39, 0.29) is 23.9 Å². The molecule has 140 valence electrons. The van der Waals surface area contributed by atoms with E-state index in [4.69, 9.17) is 0 Å². The summed E-state index contributed by atoms with van der Waals surface area (Å²) in [5.41, 5.74) is 3.17. The van der Waals surface area contributed by atoms with Crippen LogP contribution in [0.3, 0.4) is 0 Å². The number of pyridine rings is 1. The molecule has 0 spiro atoms. The number of carbonyl (C=O) groups is 1. The Balaban J connectivity index is 1.88. The van der Waals surface area contributed by atoms with Crippen molar-refractivity contribution in [2.75, 3.05) is 0 Å². The summed E-state index contributed by atoms with van der Waals surface area (Å²) in [6.07, 6.45) is 7.15. The van der Waals surface area contributed by atoms with E-state index in [9.17, 15) is 4.79 Å². The van der Waals surface area contributed by atoms with Gasteiger partial charge in [0.1, 0.15) is 11.9 Å².